The Morgan fingerprint density at radius 2 is 2.06 bits per heavy atom. The normalized spacial score (nSPS) is 19.4. The fourth-order valence-electron chi connectivity index (χ4n) is 1.72. The molecule has 0 saturated carbocycles. The third-order valence-corrected chi connectivity index (χ3v) is 4.38. The zero-order chi connectivity index (χ0) is 13.7. The van der Waals surface area contributed by atoms with Crippen LogP contribution in [0.2, 0.25) is 0 Å². The van der Waals surface area contributed by atoms with Crippen LogP contribution in [0.15, 0.2) is 21.5 Å². The summed E-state index contributed by atoms with van der Waals surface area (Å²) in [7, 11) is 2.97. The molecule has 0 N–H and O–H groups in total. The minimum absolute atomic E-state index is 0.0998. The molecule has 8 heteroatoms. The quantitative estimate of drug-likeness (QED) is 0.725. The molecule has 1 aliphatic rings. The first-order valence-corrected chi connectivity index (χ1v) is 8.04. The lowest BCUT2D eigenvalue weighted by molar-refractivity contribution is -0.125. The minimum atomic E-state index is -3.95. The molecule has 0 radical (unpaired) electrons. The monoisotopic (exact) mass is 353 g/mol. The summed E-state index contributed by atoms with van der Waals surface area (Å²) in [6.07, 6.45) is -0.749. The SMILES string of the molecule is CC1Oc2c(cc(Br)cc2S(=O)(=O)Cl)N(C)C1=O. The average Bonchev–Trinajstić information content (AvgIpc) is 2.25. The fraction of sp³-hybridized carbons (Fsp3) is 0.300. The maximum Gasteiger partial charge on any atom is 0.267 e. The smallest absolute Gasteiger partial charge is 0.267 e. The van der Waals surface area contributed by atoms with Gasteiger partial charge in [-0.05, 0) is 19.1 Å². The van der Waals surface area contributed by atoms with Gasteiger partial charge in [-0.25, -0.2) is 8.42 Å². The van der Waals surface area contributed by atoms with Gasteiger partial charge in [0.2, 0.25) is 0 Å². The molecule has 0 spiro atoms. The standard InChI is InChI=1S/C10H9BrClNO4S/c1-5-10(14)13(2)7-3-6(11)4-8(9(7)17-5)18(12,15)16/h3-5H,1-2H3. The Hall–Kier alpha value is -0.790. The first-order valence-electron chi connectivity index (χ1n) is 4.94. The molecule has 0 saturated heterocycles. The van der Waals surface area contributed by atoms with Gasteiger partial charge in [0.1, 0.15) is 4.90 Å². The van der Waals surface area contributed by atoms with E-state index in [1.165, 1.54) is 11.0 Å². The van der Waals surface area contributed by atoms with Gasteiger partial charge >= 0.3 is 0 Å². The zero-order valence-corrected chi connectivity index (χ0v) is 12.6. The van der Waals surface area contributed by atoms with Crippen LogP contribution in [0, 0.1) is 0 Å². The molecule has 1 amide bonds. The highest BCUT2D eigenvalue weighted by molar-refractivity contribution is 9.10. The van der Waals surface area contributed by atoms with Crippen molar-refractivity contribution in [3.8, 4) is 5.75 Å². The zero-order valence-electron chi connectivity index (χ0n) is 9.48. The number of carbonyl (C=O) groups excluding carboxylic acids is 1. The van der Waals surface area contributed by atoms with Crippen LogP contribution in [0.3, 0.4) is 0 Å². The molecule has 1 unspecified atom stereocenters. The lowest BCUT2D eigenvalue weighted by Crippen LogP contribution is -2.42. The summed E-state index contributed by atoms with van der Waals surface area (Å²) in [6, 6.07) is 2.95. The number of anilines is 1. The average molecular weight is 355 g/mol. The van der Waals surface area contributed by atoms with E-state index in [9.17, 15) is 13.2 Å². The van der Waals surface area contributed by atoms with Crippen molar-refractivity contribution >= 4 is 47.3 Å². The van der Waals surface area contributed by atoms with Crippen LogP contribution < -0.4 is 9.64 Å². The Labute approximate surface area is 117 Å². The van der Waals surface area contributed by atoms with Gasteiger partial charge in [0.25, 0.3) is 15.0 Å². The Bertz CT molecular complexity index is 631. The number of nitrogens with zero attached hydrogens (tertiary/aromatic N) is 1. The summed E-state index contributed by atoms with van der Waals surface area (Å²) in [6.45, 7) is 1.55. The number of halogens is 2. The topological polar surface area (TPSA) is 63.7 Å². The van der Waals surface area contributed by atoms with E-state index in [4.69, 9.17) is 15.4 Å². The van der Waals surface area contributed by atoms with E-state index < -0.39 is 15.2 Å². The molecule has 5 nitrogen and oxygen atoms in total. The summed E-state index contributed by atoms with van der Waals surface area (Å²) in [4.78, 5) is 13.0. The number of ether oxygens (including phenoxy) is 1. The fourth-order valence-corrected chi connectivity index (χ4v) is 3.31. The molecule has 1 heterocycles. The lowest BCUT2D eigenvalue weighted by atomic mass is 10.2. The number of hydrogen-bond donors (Lipinski definition) is 0. The molecule has 18 heavy (non-hydrogen) atoms. The first kappa shape index (κ1) is 13.6. The lowest BCUT2D eigenvalue weighted by Gasteiger charge is -2.31. The molecule has 98 valence electrons. The van der Waals surface area contributed by atoms with E-state index in [-0.39, 0.29) is 16.6 Å². The maximum atomic E-state index is 11.8. The first-order chi connectivity index (χ1) is 8.21. The summed E-state index contributed by atoms with van der Waals surface area (Å²) in [5.74, 6) is -0.152. The molecular weight excluding hydrogens is 346 g/mol. The van der Waals surface area contributed by atoms with E-state index in [2.05, 4.69) is 15.9 Å². The Kier molecular flexibility index (Phi) is 3.33. The van der Waals surface area contributed by atoms with Gasteiger partial charge < -0.3 is 9.64 Å². The number of amides is 1. The minimum Gasteiger partial charge on any atom is -0.477 e. The van der Waals surface area contributed by atoms with Crippen LogP contribution in [0.4, 0.5) is 5.69 Å². The molecule has 2 rings (SSSR count). The summed E-state index contributed by atoms with van der Waals surface area (Å²) in [5.41, 5.74) is 0.367. The number of benzene rings is 1. The van der Waals surface area contributed by atoms with Crippen LogP contribution in [-0.4, -0.2) is 27.5 Å². The number of likely N-dealkylation sites (N-methyl/N-ethyl adjacent to an activating group) is 1. The van der Waals surface area contributed by atoms with Gasteiger partial charge in [-0.2, -0.15) is 0 Å². The third kappa shape index (κ3) is 2.22. The second-order valence-corrected chi connectivity index (χ2v) is 7.30. The highest BCUT2D eigenvalue weighted by Crippen LogP contribution is 2.42. The predicted molar refractivity (Wildman–Crippen MR) is 70.7 cm³/mol. The van der Waals surface area contributed by atoms with Gasteiger partial charge in [-0.3, -0.25) is 4.79 Å². The maximum absolute atomic E-state index is 11.8. The van der Waals surface area contributed by atoms with Crippen molar-refractivity contribution in [3.05, 3.63) is 16.6 Å². The third-order valence-electron chi connectivity index (χ3n) is 2.60. The Morgan fingerprint density at radius 3 is 2.61 bits per heavy atom. The molecule has 0 aliphatic carbocycles. The second-order valence-electron chi connectivity index (χ2n) is 3.85. The number of rotatable bonds is 1. The Morgan fingerprint density at radius 1 is 1.44 bits per heavy atom. The van der Waals surface area contributed by atoms with E-state index in [1.54, 1.807) is 20.0 Å². The van der Waals surface area contributed by atoms with E-state index in [0.29, 0.717) is 10.2 Å². The predicted octanol–water partition coefficient (Wildman–Crippen LogP) is 2.12. The number of hydrogen-bond acceptors (Lipinski definition) is 4. The van der Waals surface area contributed by atoms with E-state index in [1.807, 2.05) is 0 Å². The molecule has 1 aromatic rings. The van der Waals surface area contributed by atoms with Gasteiger partial charge in [-0.15, -0.1) is 0 Å². The summed E-state index contributed by atoms with van der Waals surface area (Å²) in [5, 5.41) is 0. The second kappa shape index (κ2) is 4.40. The van der Waals surface area contributed by atoms with Crippen molar-refractivity contribution in [3.63, 3.8) is 0 Å². The molecule has 0 fully saturated rings. The Balaban J connectivity index is 2.75. The van der Waals surface area contributed by atoms with Crippen LogP contribution in [0.5, 0.6) is 5.75 Å². The van der Waals surface area contributed by atoms with Crippen LogP contribution in [0.1, 0.15) is 6.92 Å². The van der Waals surface area contributed by atoms with E-state index in [0.717, 1.165) is 0 Å². The van der Waals surface area contributed by atoms with Crippen molar-refractivity contribution in [1.82, 2.24) is 0 Å². The van der Waals surface area contributed by atoms with Crippen LogP contribution >= 0.6 is 26.6 Å². The molecular formula is C10H9BrClNO4S. The van der Waals surface area contributed by atoms with Crippen molar-refractivity contribution < 1.29 is 17.9 Å². The molecule has 1 atom stereocenters. The van der Waals surface area contributed by atoms with Crippen molar-refractivity contribution in [1.29, 1.82) is 0 Å². The van der Waals surface area contributed by atoms with Crippen molar-refractivity contribution in [2.45, 2.75) is 17.9 Å². The van der Waals surface area contributed by atoms with Crippen LogP contribution in [-0.2, 0) is 13.8 Å². The van der Waals surface area contributed by atoms with Gasteiger partial charge in [0.05, 0.1) is 5.69 Å². The highest BCUT2D eigenvalue weighted by atomic mass is 79.9. The highest BCUT2D eigenvalue weighted by Gasteiger charge is 2.33. The molecule has 0 aromatic heterocycles. The van der Waals surface area contributed by atoms with Gasteiger partial charge in [0.15, 0.2) is 11.9 Å². The molecule has 1 aliphatic heterocycles. The number of carbonyl (C=O) groups is 1. The molecule has 0 bridgehead atoms. The largest absolute Gasteiger partial charge is 0.477 e. The van der Waals surface area contributed by atoms with Gasteiger partial charge in [-0.1, -0.05) is 15.9 Å². The van der Waals surface area contributed by atoms with Crippen LogP contribution in [0.25, 0.3) is 0 Å². The van der Waals surface area contributed by atoms with E-state index >= 15 is 0 Å². The van der Waals surface area contributed by atoms with Gasteiger partial charge in [0, 0.05) is 22.2 Å². The van der Waals surface area contributed by atoms with Crippen molar-refractivity contribution in [2.24, 2.45) is 0 Å². The van der Waals surface area contributed by atoms with Crippen molar-refractivity contribution in [2.75, 3.05) is 11.9 Å². The molecule has 1 aromatic carbocycles. The number of fused-ring (bicyclic) bond motifs is 1. The summed E-state index contributed by atoms with van der Waals surface area (Å²) >= 11 is 3.18. The summed E-state index contributed by atoms with van der Waals surface area (Å²) < 4.78 is 28.9.